The molecule has 0 bridgehead atoms. The van der Waals surface area contributed by atoms with Crippen LogP contribution in [0.15, 0.2) is 0 Å². The summed E-state index contributed by atoms with van der Waals surface area (Å²) >= 11 is 16.1. The molecule has 14 heavy (non-hydrogen) atoms. The molecule has 0 aromatic rings. The van der Waals surface area contributed by atoms with Gasteiger partial charge in [0.25, 0.3) is 0 Å². The van der Waals surface area contributed by atoms with Gasteiger partial charge in [-0.25, -0.2) is 8.78 Å². The number of rotatable bonds is 5. The van der Waals surface area contributed by atoms with Crippen LogP contribution in [0, 0.1) is 0 Å². The summed E-state index contributed by atoms with van der Waals surface area (Å²) in [5.41, 5.74) is -1.45. The highest BCUT2D eigenvalue weighted by atomic mass is 35.8. The van der Waals surface area contributed by atoms with Gasteiger partial charge in [0.15, 0.2) is 0 Å². The Hall–Kier alpha value is 0.767. The second-order valence-electron chi connectivity index (χ2n) is 2.42. The van der Waals surface area contributed by atoms with E-state index in [0.29, 0.717) is 0 Å². The van der Waals surface area contributed by atoms with Crippen LogP contribution in [0.5, 0.6) is 0 Å². The highest BCUT2D eigenvalue weighted by Gasteiger charge is 2.49. The van der Waals surface area contributed by atoms with E-state index in [1.165, 1.54) is 6.92 Å². The molecule has 1 unspecified atom stereocenters. The van der Waals surface area contributed by atoms with Gasteiger partial charge >= 0.3 is 18.5 Å². The summed E-state index contributed by atoms with van der Waals surface area (Å²) in [6.45, 7) is 1.40. The number of hydrogen-bond acceptors (Lipinski definition) is 1. The molecule has 0 aromatic carbocycles. The SMILES string of the molecule is CCC(OC(F)(F)C(F)F)[Si](Cl)(Cl)Cl. The molecule has 0 saturated carbocycles. The van der Waals surface area contributed by atoms with Crippen molar-refractivity contribution in [3.63, 3.8) is 0 Å². The standard InChI is InChI=1S/C5H7Cl3F4OSi/c1-2-3(14(6,7)8)13-5(11,12)4(9)10/h3-4H,2H2,1H3. The van der Waals surface area contributed by atoms with Crippen LogP contribution in [0.4, 0.5) is 17.6 Å². The lowest BCUT2D eigenvalue weighted by molar-refractivity contribution is -0.308. The smallest absolute Gasteiger partial charge is 0.312 e. The predicted octanol–water partition coefficient (Wildman–Crippen LogP) is 3.83. The molecule has 0 aliphatic heterocycles. The molecule has 0 rings (SSSR count). The van der Waals surface area contributed by atoms with Gasteiger partial charge < -0.3 is 4.74 Å². The monoisotopic (exact) mass is 292 g/mol. The summed E-state index contributed by atoms with van der Waals surface area (Å²) in [6.07, 6.45) is -8.57. The van der Waals surface area contributed by atoms with Crippen molar-refractivity contribution in [1.29, 1.82) is 0 Å². The number of ether oxygens (including phenoxy) is 1. The molecule has 0 aliphatic rings. The minimum absolute atomic E-state index is 0.0645. The lowest BCUT2D eigenvalue weighted by atomic mass is 10.5. The minimum Gasteiger partial charge on any atom is -0.312 e. The van der Waals surface area contributed by atoms with E-state index in [1.54, 1.807) is 0 Å². The van der Waals surface area contributed by atoms with E-state index in [0.717, 1.165) is 0 Å². The Labute approximate surface area is 93.4 Å². The van der Waals surface area contributed by atoms with Gasteiger partial charge in [0.2, 0.25) is 0 Å². The van der Waals surface area contributed by atoms with E-state index < -0.39 is 24.3 Å². The van der Waals surface area contributed by atoms with Crippen molar-refractivity contribution in [2.75, 3.05) is 0 Å². The van der Waals surface area contributed by atoms with Crippen LogP contribution in [-0.2, 0) is 4.74 Å². The van der Waals surface area contributed by atoms with Crippen LogP contribution in [0.25, 0.3) is 0 Å². The summed E-state index contributed by atoms with van der Waals surface area (Å²) in [4.78, 5) is 0. The van der Waals surface area contributed by atoms with Gasteiger partial charge in [-0.05, 0) is 6.42 Å². The molecule has 1 nitrogen and oxygen atoms in total. The zero-order chi connectivity index (χ0) is 11.6. The Balaban J connectivity index is 4.47. The molecular formula is C5H7Cl3F4OSi. The van der Waals surface area contributed by atoms with Gasteiger partial charge in [-0.2, -0.15) is 8.78 Å². The van der Waals surface area contributed by atoms with Crippen LogP contribution in [0.1, 0.15) is 13.3 Å². The molecule has 9 heteroatoms. The molecule has 1 atom stereocenters. The first-order valence-electron chi connectivity index (χ1n) is 3.51. The van der Waals surface area contributed by atoms with E-state index in [9.17, 15) is 17.6 Å². The first kappa shape index (κ1) is 14.8. The first-order chi connectivity index (χ1) is 6.11. The quantitative estimate of drug-likeness (QED) is 0.425. The van der Waals surface area contributed by atoms with Crippen molar-refractivity contribution in [1.82, 2.24) is 0 Å². The fourth-order valence-corrected chi connectivity index (χ4v) is 3.17. The van der Waals surface area contributed by atoms with Crippen molar-refractivity contribution >= 4 is 39.2 Å². The molecule has 0 saturated heterocycles. The van der Waals surface area contributed by atoms with Crippen molar-refractivity contribution in [3.8, 4) is 0 Å². The Morgan fingerprint density at radius 1 is 1.29 bits per heavy atom. The summed E-state index contributed by atoms with van der Waals surface area (Å²) < 4.78 is 52.0. The Kier molecular flexibility index (Phi) is 5.49. The summed E-state index contributed by atoms with van der Waals surface area (Å²) in [5, 5.41) is 0. The zero-order valence-electron chi connectivity index (χ0n) is 6.92. The van der Waals surface area contributed by atoms with Gasteiger partial charge in [-0.1, -0.05) is 6.92 Å². The van der Waals surface area contributed by atoms with Gasteiger partial charge in [-0.3, -0.25) is 0 Å². The first-order valence-corrected chi connectivity index (χ1v) is 8.63. The third kappa shape index (κ3) is 4.52. The Bertz CT molecular complexity index is 186. The number of halogens is 7. The van der Waals surface area contributed by atoms with Crippen LogP contribution in [0.3, 0.4) is 0 Å². The fraction of sp³-hybridized carbons (Fsp3) is 1.00. The van der Waals surface area contributed by atoms with Crippen LogP contribution < -0.4 is 0 Å². The normalized spacial score (nSPS) is 16.1. The third-order valence-electron chi connectivity index (χ3n) is 1.29. The maximum Gasteiger partial charge on any atom is 0.416 e. The van der Waals surface area contributed by atoms with E-state index in [2.05, 4.69) is 4.74 Å². The second kappa shape index (κ2) is 5.20. The summed E-state index contributed by atoms with van der Waals surface area (Å²) in [5.74, 6) is 0. The summed E-state index contributed by atoms with van der Waals surface area (Å²) in [7, 11) is 0. The molecule has 0 radical (unpaired) electrons. The Morgan fingerprint density at radius 3 is 1.93 bits per heavy atom. The molecule has 0 aliphatic carbocycles. The molecule has 0 aromatic heterocycles. The van der Waals surface area contributed by atoms with Crippen LogP contribution in [-0.4, -0.2) is 24.3 Å². The molecule has 0 amide bonds. The van der Waals surface area contributed by atoms with E-state index in [1.807, 2.05) is 0 Å². The average molecular weight is 294 g/mol. The van der Waals surface area contributed by atoms with E-state index in [-0.39, 0.29) is 6.42 Å². The maximum atomic E-state index is 12.4. The Morgan fingerprint density at radius 2 is 1.71 bits per heavy atom. The van der Waals surface area contributed by atoms with Gasteiger partial charge in [0.1, 0.15) is 0 Å². The van der Waals surface area contributed by atoms with Crippen molar-refractivity contribution in [3.05, 3.63) is 0 Å². The molecule has 0 N–H and O–H groups in total. The lowest BCUT2D eigenvalue weighted by Crippen LogP contribution is -2.42. The largest absolute Gasteiger partial charge is 0.416 e. The number of alkyl halides is 4. The van der Waals surface area contributed by atoms with Gasteiger partial charge in [0.05, 0.1) is 5.73 Å². The van der Waals surface area contributed by atoms with Crippen molar-refractivity contribution < 1.29 is 22.3 Å². The van der Waals surface area contributed by atoms with E-state index in [4.69, 9.17) is 33.2 Å². The van der Waals surface area contributed by atoms with Crippen molar-refractivity contribution in [2.45, 2.75) is 31.6 Å². The van der Waals surface area contributed by atoms with Crippen LogP contribution in [0.2, 0.25) is 0 Å². The minimum atomic E-state index is -4.57. The van der Waals surface area contributed by atoms with Crippen molar-refractivity contribution in [2.24, 2.45) is 0 Å². The molecular weight excluding hydrogens is 286 g/mol. The third-order valence-corrected chi connectivity index (χ3v) is 4.74. The molecule has 0 heterocycles. The van der Waals surface area contributed by atoms with Crippen LogP contribution >= 0.6 is 33.2 Å². The highest BCUT2D eigenvalue weighted by molar-refractivity contribution is 7.65. The fourth-order valence-electron chi connectivity index (χ4n) is 0.623. The molecule has 86 valence electrons. The molecule has 0 spiro atoms. The second-order valence-corrected chi connectivity index (χ2v) is 11.3. The van der Waals surface area contributed by atoms with E-state index >= 15 is 0 Å². The summed E-state index contributed by atoms with van der Waals surface area (Å²) in [6, 6.07) is -3.56. The maximum absolute atomic E-state index is 12.4. The number of hydrogen-bond donors (Lipinski definition) is 0. The lowest BCUT2D eigenvalue weighted by Gasteiger charge is -2.26. The topological polar surface area (TPSA) is 9.23 Å². The van der Waals surface area contributed by atoms with Gasteiger partial charge in [0, 0.05) is 0 Å². The average Bonchev–Trinajstić information content (AvgIpc) is 1.97. The van der Waals surface area contributed by atoms with Gasteiger partial charge in [-0.15, -0.1) is 33.2 Å². The molecule has 0 fully saturated rings. The zero-order valence-corrected chi connectivity index (χ0v) is 10.2. The predicted molar refractivity (Wildman–Crippen MR) is 49.4 cm³/mol. The highest BCUT2D eigenvalue weighted by Crippen LogP contribution is 2.34.